The molecule has 0 fully saturated rings. The van der Waals surface area contributed by atoms with E-state index in [9.17, 15) is 22.4 Å². The van der Waals surface area contributed by atoms with E-state index in [1.165, 1.54) is 28.4 Å². The number of carbonyl (C=O) groups excluding carboxylic acids is 1. The second-order valence-electron chi connectivity index (χ2n) is 5.84. The van der Waals surface area contributed by atoms with Gasteiger partial charge in [0.2, 0.25) is 0 Å². The first-order chi connectivity index (χ1) is 13.2. The van der Waals surface area contributed by atoms with E-state index < -0.39 is 34.1 Å². The van der Waals surface area contributed by atoms with Crippen molar-refractivity contribution in [2.24, 2.45) is 0 Å². The molecule has 0 aliphatic carbocycles. The Kier molecular flexibility index (Phi) is 5.71. The van der Waals surface area contributed by atoms with E-state index in [0.29, 0.717) is 19.0 Å². The van der Waals surface area contributed by atoms with Gasteiger partial charge in [-0.15, -0.1) is 11.3 Å². The van der Waals surface area contributed by atoms with Gasteiger partial charge in [0.25, 0.3) is 5.91 Å². The third-order valence-corrected chi connectivity index (χ3v) is 5.22. The standard InChI is InChI=1S/C17H13ClF4N4OS/c1-9-13(28-8-23-9)4-5-26-7-10(6-24-26)25-16(27)14-11(17(20,21)22)2-3-12(18)15(14)19/h2-3,6-8H,4-5H2,1H3,(H,25,27). The Morgan fingerprint density at radius 2 is 2.11 bits per heavy atom. The molecule has 2 aromatic heterocycles. The number of amides is 1. The van der Waals surface area contributed by atoms with Crippen LogP contribution < -0.4 is 5.32 Å². The summed E-state index contributed by atoms with van der Waals surface area (Å²) in [4.78, 5) is 17.5. The molecule has 2 heterocycles. The number of nitrogens with zero attached hydrogens (tertiary/aromatic N) is 3. The van der Waals surface area contributed by atoms with Crippen LogP contribution in [0.3, 0.4) is 0 Å². The number of benzene rings is 1. The third kappa shape index (κ3) is 4.33. The Labute approximate surface area is 166 Å². The number of thiazole rings is 1. The van der Waals surface area contributed by atoms with E-state index in [1.54, 1.807) is 5.51 Å². The van der Waals surface area contributed by atoms with Gasteiger partial charge in [0, 0.05) is 24.0 Å². The zero-order valence-corrected chi connectivity index (χ0v) is 15.9. The Hall–Kier alpha value is -2.46. The minimum absolute atomic E-state index is 0.138. The van der Waals surface area contributed by atoms with Crippen LogP contribution >= 0.6 is 22.9 Å². The van der Waals surface area contributed by atoms with Crippen molar-refractivity contribution in [2.45, 2.75) is 26.1 Å². The second kappa shape index (κ2) is 7.88. The van der Waals surface area contributed by atoms with E-state index in [2.05, 4.69) is 15.4 Å². The van der Waals surface area contributed by atoms with Crippen molar-refractivity contribution < 1.29 is 22.4 Å². The Balaban J connectivity index is 1.76. The number of halogens is 5. The quantitative estimate of drug-likeness (QED) is 0.580. The van der Waals surface area contributed by atoms with Crippen molar-refractivity contribution in [1.29, 1.82) is 0 Å². The van der Waals surface area contributed by atoms with E-state index in [4.69, 9.17) is 11.6 Å². The zero-order valence-electron chi connectivity index (χ0n) is 14.3. The molecule has 11 heteroatoms. The highest BCUT2D eigenvalue weighted by atomic mass is 35.5. The highest BCUT2D eigenvalue weighted by Gasteiger charge is 2.37. The molecular formula is C17H13ClF4N4OS. The Morgan fingerprint density at radius 3 is 2.75 bits per heavy atom. The monoisotopic (exact) mass is 432 g/mol. The fourth-order valence-electron chi connectivity index (χ4n) is 2.54. The lowest BCUT2D eigenvalue weighted by molar-refractivity contribution is -0.138. The highest BCUT2D eigenvalue weighted by molar-refractivity contribution is 7.09. The van der Waals surface area contributed by atoms with Crippen LogP contribution in [0.15, 0.2) is 30.0 Å². The summed E-state index contributed by atoms with van der Waals surface area (Å²) in [6.45, 7) is 2.37. The van der Waals surface area contributed by atoms with Crippen LogP contribution in [-0.2, 0) is 19.1 Å². The number of nitrogens with one attached hydrogen (secondary N) is 1. The second-order valence-corrected chi connectivity index (χ2v) is 7.19. The van der Waals surface area contributed by atoms with Crippen molar-refractivity contribution in [3.05, 3.63) is 62.6 Å². The van der Waals surface area contributed by atoms with Crippen molar-refractivity contribution in [3.8, 4) is 0 Å². The van der Waals surface area contributed by atoms with Gasteiger partial charge in [0.15, 0.2) is 5.82 Å². The molecule has 5 nitrogen and oxygen atoms in total. The average molecular weight is 433 g/mol. The van der Waals surface area contributed by atoms with Gasteiger partial charge in [-0.2, -0.15) is 18.3 Å². The molecule has 0 unspecified atom stereocenters. The summed E-state index contributed by atoms with van der Waals surface area (Å²) in [5.74, 6) is -2.69. The normalized spacial score (nSPS) is 11.6. The molecule has 0 aliphatic heterocycles. The summed E-state index contributed by atoms with van der Waals surface area (Å²) in [6, 6.07) is 1.33. The van der Waals surface area contributed by atoms with Crippen LogP contribution in [0.1, 0.15) is 26.5 Å². The van der Waals surface area contributed by atoms with Gasteiger partial charge >= 0.3 is 6.18 Å². The minimum atomic E-state index is -4.91. The van der Waals surface area contributed by atoms with Crippen LogP contribution in [0.25, 0.3) is 0 Å². The number of carbonyl (C=O) groups is 1. The van der Waals surface area contributed by atoms with E-state index in [0.717, 1.165) is 16.6 Å². The largest absolute Gasteiger partial charge is 0.417 e. The minimum Gasteiger partial charge on any atom is -0.319 e. The molecule has 3 rings (SSSR count). The van der Waals surface area contributed by atoms with Crippen molar-refractivity contribution >= 4 is 34.5 Å². The van der Waals surface area contributed by atoms with Crippen LogP contribution in [0.2, 0.25) is 5.02 Å². The van der Waals surface area contributed by atoms with Gasteiger partial charge in [0.05, 0.1) is 39.2 Å². The van der Waals surface area contributed by atoms with Crippen LogP contribution in [0.5, 0.6) is 0 Å². The molecule has 1 N–H and O–H groups in total. The topological polar surface area (TPSA) is 59.8 Å². The number of hydrogen-bond donors (Lipinski definition) is 1. The number of rotatable bonds is 5. The predicted octanol–water partition coefficient (Wildman–Crippen LogP) is 4.95. The fraction of sp³-hybridized carbons (Fsp3) is 0.235. The van der Waals surface area contributed by atoms with E-state index in [1.807, 2.05) is 6.92 Å². The molecule has 148 valence electrons. The lowest BCUT2D eigenvalue weighted by Crippen LogP contribution is -2.20. The molecular weight excluding hydrogens is 420 g/mol. The van der Waals surface area contributed by atoms with Crippen molar-refractivity contribution in [1.82, 2.24) is 14.8 Å². The van der Waals surface area contributed by atoms with Crippen molar-refractivity contribution in [2.75, 3.05) is 5.32 Å². The van der Waals surface area contributed by atoms with Crippen molar-refractivity contribution in [3.63, 3.8) is 0 Å². The maximum absolute atomic E-state index is 14.1. The Morgan fingerprint density at radius 1 is 1.36 bits per heavy atom. The van der Waals surface area contributed by atoms with E-state index in [-0.39, 0.29) is 5.69 Å². The number of hydrogen-bond acceptors (Lipinski definition) is 4. The van der Waals surface area contributed by atoms with E-state index >= 15 is 0 Å². The van der Waals surface area contributed by atoms with Crippen LogP contribution in [0, 0.1) is 12.7 Å². The van der Waals surface area contributed by atoms with Gasteiger partial charge in [-0.25, -0.2) is 9.37 Å². The summed E-state index contributed by atoms with van der Waals surface area (Å²) in [6.07, 6.45) is -1.53. The summed E-state index contributed by atoms with van der Waals surface area (Å²) < 4.78 is 55.0. The van der Waals surface area contributed by atoms with Gasteiger partial charge in [0.1, 0.15) is 0 Å². The maximum Gasteiger partial charge on any atom is 0.417 e. The van der Waals surface area contributed by atoms with Gasteiger partial charge in [-0.1, -0.05) is 11.6 Å². The molecule has 0 bridgehead atoms. The van der Waals surface area contributed by atoms with Crippen LogP contribution in [0.4, 0.5) is 23.2 Å². The summed E-state index contributed by atoms with van der Waals surface area (Å²) in [5, 5.41) is 5.71. The number of aromatic nitrogens is 3. The number of aryl methyl sites for hydroxylation is 3. The van der Waals surface area contributed by atoms with Crippen LogP contribution in [-0.4, -0.2) is 20.7 Å². The maximum atomic E-state index is 14.1. The molecule has 1 aromatic carbocycles. The third-order valence-electron chi connectivity index (χ3n) is 3.93. The smallest absolute Gasteiger partial charge is 0.319 e. The molecule has 1 amide bonds. The molecule has 28 heavy (non-hydrogen) atoms. The summed E-state index contributed by atoms with van der Waals surface area (Å²) in [7, 11) is 0. The molecule has 0 spiro atoms. The number of anilines is 1. The Bertz CT molecular complexity index is 1010. The zero-order chi connectivity index (χ0) is 20.5. The number of alkyl halides is 3. The summed E-state index contributed by atoms with van der Waals surface area (Å²) >= 11 is 7.05. The molecule has 0 radical (unpaired) electrons. The SMILES string of the molecule is Cc1ncsc1CCn1cc(NC(=O)c2c(C(F)(F)F)ccc(Cl)c2F)cn1. The molecule has 0 saturated heterocycles. The van der Waals surface area contributed by atoms with Gasteiger partial charge < -0.3 is 5.32 Å². The molecule has 0 aliphatic rings. The van der Waals surface area contributed by atoms with Gasteiger partial charge in [-0.05, 0) is 19.1 Å². The first kappa shape index (κ1) is 20.3. The average Bonchev–Trinajstić information content (AvgIpc) is 3.22. The lowest BCUT2D eigenvalue weighted by atomic mass is 10.1. The summed E-state index contributed by atoms with van der Waals surface area (Å²) in [5.41, 5.74) is 0.227. The molecule has 3 aromatic rings. The molecule has 0 atom stereocenters. The molecule has 0 saturated carbocycles. The first-order valence-corrected chi connectivity index (χ1v) is 9.20. The highest BCUT2D eigenvalue weighted by Crippen LogP contribution is 2.35. The first-order valence-electron chi connectivity index (χ1n) is 7.94. The predicted molar refractivity (Wildman–Crippen MR) is 97.1 cm³/mol. The van der Waals surface area contributed by atoms with Gasteiger partial charge in [-0.3, -0.25) is 9.48 Å². The lowest BCUT2D eigenvalue weighted by Gasteiger charge is -2.13. The fourth-order valence-corrected chi connectivity index (χ4v) is 3.46.